The summed E-state index contributed by atoms with van der Waals surface area (Å²) in [6, 6.07) is 12.0. The second-order valence-corrected chi connectivity index (χ2v) is 7.70. The van der Waals surface area contributed by atoms with Crippen molar-refractivity contribution in [2.75, 3.05) is 20.1 Å². The van der Waals surface area contributed by atoms with Crippen molar-refractivity contribution in [3.05, 3.63) is 46.8 Å². The van der Waals surface area contributed by atoms with E-state index in [1.807, 2.05) is 36.4 Å². The van der Waals surface area contributed by atoms with Gasteiger partial charge in [-0.25, -0.2) is 0 Å². The fourth-order valence-electron chi connectivity index (χ4n) is 3.27. The largest absolute Gasteiger partial charge is 0.352 e. The first-order valence-electron chi connectivity index (χ1n) is 8.74. The molecule has 4 nitrogen and oxygen atoms in total. The Labute approximate surface area is 152 Å². The van der Waals surface area contributed by atoms with E-state index in [0.717, 1.165) is 28.3 Å². The van der Waals surface area contributed by atoms with Gasteiger partial charge in [-0.3, -0.25) is 9.59 Å². The first-order valence-corrected chi connectivity index (χ1v) is 9.56. The van der Waals surface area contributed by atoms with Crippen LogP contribution in [0.5, 0.6) is 0 Å². The van der Waals surface area contributed by atoms with Gasteiger partial charge in [-0.1, -0.05) is 12.1 Å². The van der Waals surface area contributed by atoms with Gasteiger partial charge in [-0.2, -0.15) is 0 Å². The van der Waals surface area contributed by atoms with Crippen LogP contribution in [0.3, 0.4) is 0 Å². The van der Waals surface area contributed by atoms with Crippen molar-refractivity contribution in [1.29, 1.82) is 0 Å². The fraction of sp³-hybridized carbons (Fsp3) is 0.400. The van der Waals surface area contributed by atoms with Gasteiger partial charge >= 0.3 is 0 Å². The van der Waals surface area contributed by atoms with Crippen LogP contribution < -0.4 is 5.32 Å². The van der Waals surface area contributed by atoms with Crippen molar-refractivity contribution in [3.63, 3.8) is 0 Å². The Morgan fingerprint density at radius 2 is 1.96 bits per heavy atom. The Bertz CT molecular complexity index is 751. The van der Waals surface area contributed by atoms with Gasteiger partial charge in [0.05, 0.1) is 4.88 Å². The average Bonchev–Trinajstić information content (AvgIpc) is 3.25. The smallest absolute Gasteiger partial charge is 0.251 e. The topological polar surface area (TPSA) is 49.4 Å². The third-order valence-corrected chi connectivity index (χ3v) is 6.05. The Kier molecular flexibility index (Phi) is 5.66. The Morgan fingerprint density at radius 3 is 2.56 bits per heavy atom. The molecule has 0 unspecified atom stereocenters. The van der Waals surface area contributed by atoms with Crippen LogP contribution in [-0.2, 0) is 0 Å². The SMILES string of the molecule is CC(=O)c1ccc(-c2ccc(C(=O)NCC[C@H]3CCCN3C)cc2)s1. The Balaban J connectivity index is 1.55. The van der Waals surface area contributed by atoms with Crippen LogP contribution >= 0.6 is 11.3 Å². The van der Waals surface area contributed by atoms with Gasteiger partial charge in [-0.05, 0) is 69.6 Å². The zero-order valence-corrected chi connectivity index (χ0v) is 15.6. The van der Waals surface area contributed by atoms with Crippen molar-refractivity contribution in [2.45, 2.75) is 32.2 Å². The predicted octanol–water partition coefficient (Wildman–Crippen LogP) is 3.83. The number of nitrogens with one attached hydrogen (secondary N) is 1. The van der Waals surface area contributed by atoms with Crippen LogP contribution in [0.25, 0.3) is 10.4 Å². The van der Waals surface area contributed by atoms with Gasteiger partial charge in [0.2, 0.25) is 0 Å². The highest BCUT2D eigenvalue weighted by Crippen LogP contribution is 2.28. The van der Waals surface area contributed by atoms with Gasteiger partial charge in [-0.15, -0.1) is 11.3 Å². The maximum Gasteiger partial charge on any atom is 0.251 e. The number of likely N-dealkylation sites (tertiary alicyclic amines) is 1. The standard InChI is InChI=1S/C20H24N2O2S/c1-14(23)18-9-10-19(25-18)15-5-7-16(8-6-15)20(24)21-12-11-17-4-3-13-22(17)2/h5-10,17H,3-4,11-13H2,1-2H3,(H,21,24)/t17-/m1/s1. The van der Waals surface area contributed by atoms with Crippen LogP contribution in [0, 0.1) is 0 Å². The summed E-state index contributed by atoms with van der Waals surface area (Å²) in [5.41, 5.74) is 1.70. The minimum Gasteiger partial charge on any atom is -0.352 e. The van der Waals surface area contributed by atoms with E-state index in [-0.39, 0.29) is 11.7 Å². The van der Waals surface area contributed by atoms with E-state index in [1.54, 1.807) is 6.92 Å². The normalized spacial score (nSPS) is 17.6. The van der Waals surface area contributed by atoms with E-state index in [9.17, 15) is 9.59 Å². The van der Waals surface area contributed by atoms with Gasteiger partial charge < -0.3 is 10.2 Å². The second kappa shape index (κ2) is 7.93. The van der Waals surface area contributed by atoms with Crippen molar-refractivity contribution in [1.82, 2.24) is 10.2 Å². The lowest BCUT2D eigenvalue weighted by Gasteiger charge is -2.19. The molecule has 1 aliphatic heterocycles. The molecular formula is C20H24N2O2S. The predicted molar refractivity (Wildman–Crippen MR) is 102 cm³/mol. The fourth-order valence-corrected chi connectivity index (χ4v) is 4.17. The summed E-state index contributed by atoms with van der Waals surface area (Å²) in [7, 11) is 2.15. The zero-order chi connectivity index (χ0) is 17.8. The van der Waals surface area contributed by atoms with E-state index in [4.69, 9.17) is 0 Å². The number of ketones is 1. The molecular weight excluding hydrogens is 332 g/mol. The lowest BCUT2D eigenvalue weighted by molar-refractivity contribution is 0.0949. The number of rotatable bonds is 6. The van der Waals surface area contributed by atoms with E-state index < -0.39 is 0 Å². The summed E-state index contributed by atoms with van der Waals surface area (Å²) in [4.78, 5) is 27.9. The molecule has 5 heteroatoms. The monoisotopic (exact) mass is 356 g/mol. The molecule has 132 valence electrons. The maximum atomic E-state index is 12.3. The number of benzene rings is 1. The molecule has 1 N–H and O–H groups in total. The van der Waals surface area contributed by atoms with E-state index in [1.165, 1.54) is 24.2 Å². The number of hydrogen-bond donors (Lipinski definition) is 1. The quantitative estimate of drug-likeness (QED) is 0.800. The number of Topliss-reactive ketones (excluding diaryl/α,β-unsaturated/α-hetero) is 1. The minimum atomic E-state index is -0.0252. The van der Waals surface area contributed by atoms with Crippen LogP contribution in [0.15, 0.2) is 36.4 Å². The zero-order valence-electron chi connectivity index (χ0n) is 14.7. The molecule has 0 saturated carbocycles. The van der Waals surface area contributed by atoms with Crippen molar-refractivity contribution in [3.8, 4) is 10.4 Å². The van der Waals surface area contributed by atoms with E-state index >= 15 is 0 Å². The molecule has 25 heavy (non-hydrogen) atoms. The molecule has 2 aromatic rings. The number of nitrogens with zero attached hydrogens (tertiary/aromatic N) is 1. The third kappa shape index (κ3) is 4.35. The number of hydrogen-bond acceptors (Lipinski definition) is 4. The van der Waals surface area contributed by atoms with Crippen LogP contribution in [-0.4, -0.2) is 42.8 Å². The summed E-state index contributed by atoms with van der Waals surface area (Å²) in [5, 5.41) is 3.02. The highest BCUT2D eigenvalue weighted by Gasteiger charge is 2.20. The van der Waals surface area contributed by atoms with Gasteiger partial charge in [0.1, 0.15) is 0 Å². The van der Waals surface area contributed by atoms with Crippen LogP contribution in [0.1, 0.15) is 46.2 Å². The van der Waals surface area contributed by atoms with Crippen LogP contribution in [0.4, 0.5) is 0 Å². The molecule has 1 atom stereocenters. The van der Waals surface area contributed by atoms with Crippen molar-refractivity contribution in [2.24, 2.45) is 0 Å². The van der Waals surface area contributed by atoms with Crippen LogP contribution in [0.2, 0.25) is 0 Å². The molecule has 2 heterocycles. The first kappa shape index (κ1) is 17.8. The van der Waals surface area contributed by atoms with Gasteiger partial charge in [0, 0.05) is 23.0 Å². The molecule has 0 aliphatic carbocycles. The molecule has 1 fully saturated rings. The molecule has 0 bridgehead atoms. The molecule has 1 amide bonds. The third-order valence-electron chi connectivity index (χ3n) is 4.82. The number of thiophene rings is 1. The van der Waals surface area contributed by atoms with Gasteiger partial charge in [0.15, 0.2) is 5.78 Å². The van der Waals surface area contributed by atoms with E-state index in [0.29, 0.717) is 18.2 Å². The number of carbonyl (C=O) groups excluding carboxylic acids is 2. The number of amides is 1. The molecule has 1 saturated heterocycles. The highest BCUT2D eigenvalue weighted by molar-refractivity contribution is 7.17. The first-order chi connectivity index (χ1) is 12.0. The minimum absolute atomic E-state index is 0.0252. The summed E-state index contributed by atoms with van der Waals surface area (Å²) in [6.07, 6.45) is 3.48. The molecule has 1 aliphatic rings. The molecule has 3 rings (SSSR count). The average molecular weight is 356 g/mol. The maximum absolute atomic E-state index is 12.3. The van der Waals surface area contributed by atoms with E-state index in [2.05, 4.69) is 17.3 Å². The molecule has 1 aromatic carbocycles. The lowest BCUT2D eigenvalue weighted by atomic mass is 10.1. The lowest BCUT2D eigenvalue weighted by Crippen LogP contribution is -2.31. The van der Waals surface area contributed by atoms with Crippen molar-refractivity contribution < 1.29 is 9.59 Å². The molecule has 1 aromatic heterocycles. The molecule has 0 spiro atoms. The summed E-state index contributed by atoms with van der Waals surface area (Å²) >= 11 is 1.48. The van der Waals surface area contributed by atoms with Crippen molar-refractivity contribution >= 4 is 23.0 Å². The summed E-state index contributed by atoms with van der Waals surface area (Å²) < 4.78 is 0. The summed E-state index contributed by atoms with van der Waals surface area (Å²) in [5.74, 6) is 0.0583. The second-order valence-electron chi connectivity index (χ2n) is 6.62. The number of carbonyl (C=O) groups is 2. The summed E-state index contributed by atoms with van der Waals surface area (Å²) in [6.45, 7) is 3.45. The Hall–Kier alpha value is -1.98. The molecule has 0 radical (unpaired) electrons. The van der Waals surface area contributed by atoms with Gasteiger partial charge in [0.25, 0.3) is 5.91 Å². The highest BCUT2D eigenvalue weighted by atomic mass is 32.1. The Morgan fingerprint density at radius 1 is 1.20 bits per heavy atom.